The highest BCUT2D eigenvalue weighted by molar-refractivity contribution is 8.16. The predicted molar refractivity (Wildman–Crippen MR) is 151 cm³/mol. The number of carbonyl (C=O) groups is 2. The summed E-state index contributed by atoms with van der Waals surface area (Å²) in [6.07, 6.45) is 1.81. The summed E-state index contributed by atoms with van der Waals surface area (Å²) in [4.78, 5) is 37.1. The molecule has 0 saturated carbocycles. The summed E-state index contributed by atoms with van der Waals surface area (Å²) in [6.45, 7) is 4.16. The summed E-state index contributed by atoms with van der Waals surface area (Å²) in [7, 11) is 0. The maximum absolute atomic E-state index is 13.2. The summed E-state index contributed by atoms with van der Waals surface area (Å²) in [5.41, 5.74) is 3.35. The Morgan fingerprint density at radius 3 is 2.59 bits per heavy atom. The van der Waals surface area contributed by atoms with Gasteiger partial charge in [-0.25, -0.2) is 9.79 Å². The van der Waals surface area contributed by atoms with E-state index in [0.29, 0.717) is 34.5 Å². The van der Waals surface area contributed by atoms with Gasteiger partial charge >= 0.3 is 5.97 Å². The maximum Gasteiger partial charge on any atom is 0.338 e. The van der Waals surface area contributed by atoms with E-state index in [9.17, 15) is 9.59 Å². The lowest BCUT2D eigenvalue weighted by Crippen LogP contribution is -2.38. The van der Waals surface area contributed by atoms with Crippen LogP contribution in [-0.4, -0.2) is 33.5 Å². The normalized spacial score (nSPS) is 16.3. The number of carbonyl (C=O) groups excluding carboxylic acids is 2. The van der Waals surface area contributed by atoms with Crippen LogP contribution in [0.1, 0.15) is 37.6 Å². The first-order chi connectivity index (χ1) is 19.0. The highest BCUT2D eigenvalue weighted by atomic mass is 32.2. The van der Waals surface area contributed by atoms with Gasteiger partial charge in [0.05, 0.1) is 42.6 Å². The topological polar surface area (TPSA) is 93.1 Å². The Morgan fingerprint density at radius 1 is 1.03 bits per heavy atom. The number of nitrogens with one attached hydrogen (secondary N) is 1. The number of aromatic nitrogens is 1. The van der Waals surface area contributed by atoms with E-state index < -0.39 is 12.0 Å². The second-order valence-electron chi connectivity index (χ2n) is 8.88. The number of amidine groups is 1. The van der Waals surface area contributed by atoms with Gasteiger partial charge in [0.1, 0.15) is 11.5 Å². The molecule has 1 N–H and O–H groups in total. The molecule has 0 radical (unpaired) electrons. The molecule has 39 heavy (non-hydrogen) atoms. The van der Waals surface area contributed by atoms with E-state index in [-0.39, 0.29) is 18.9 Å². The van der Waals surface area contributed by atoms with Gasteiger partial charge in [0.15, 0.2) is 5.17 Å². The van der Waals surface area contributed by atoms with Crippen molar-refractivity contribution in [1.29, 1.82) is 0 Å². The number of fused-ring (bicyclic) bond motifs is 1. The number of pyridine rings is 1. The lowest BCUT2D eigenvalue weighted by Gasteiger charge is -2.36. The molecule has 1 atom stereocenters. The number of hydrogen-bond donors (Lipinski definition) is 1. The molecule has 9 heteroatoms. The highest BCUT2D eigenvalue weighted by Gasteiger charge is 2.41. The van der Waals surface area contributed by atoms with Crippen LogP contribution in [0, 0.1) is 0 Å². The first-order valence-corrected chi connectivity index (χ1v) is 13.5. The Kier molecular flexibility index (Phi) is 8.07. The number of aliphatic imine (C=N–C) groups is 1. The van der Waals surface area contributed by atoms with Crippen LogP contribution in [0.3, 0.4) is 0 Å². The maximum atomic E-state index is 13.2. The molecule has 3 heterocycles. The van der Waals surface area contributed by atoms with Crippen molar-refractivity contribution in [3.8, 4) is 11.5 Å². The minimum atomic E-state index is -0.541. The molecule has 0 aliphatic carbocycles. The minimum absolute atomic E-state index is 0.116. The average molecular weight is 541 g/mol. The summed E-state index contributed by atoms with van der Waals surface area (Å²) in [6, 6.07) is 22.2. The first kappa shape index (κ1) is 26.2. The molecular formula is C30H28N4O4S. The third kappa shape index (κ3) is 6.04. The number of rotatable bonds is 9. The molecule has 5 rings (SSSR count). The summed E-state index contributed by atoms with van der Waals surface area (Å²) in [5.74, 6) is 0.750. The van der Waals surface area contributed by atoms with Crippen molar-refractivity contribution in [2.24, 2.45) is 4.99 Å². The first-order valence-electron chi connectivity index (χ1n) is 12.6. The van der Waals surface area contributed by atoms with E-state index >= 15 is 0 Å². The molecule has 2 aliphatic rings. The second-order valence-corrected chi connectivity index (χ2v) is 9.71. The molecule has 198 valence electrons. The zero-order valence-corrected chi connectivity index (χ0v) is 22.5. The van der Waals surface area contributed by atoms with Gasteiger partial charge in [0, 0.05) is 11.9 Å². The molecule has 1 amide bonds. The highest BCUT2D eigenvalue weighted by Crippen LogP contribution is 2.45. The predicted octanol–water partition coefficient (Wildman–Crippen LogP) is 5.72. The van der Waals surface area contributed by atoms with Crippen LogP contribution < -0.4 is 10.1 Å². The number of thioether (sulfide) groups is 1. The van der Waals surface area contributed by atoms with Gasteiger partial charge in [-0.05, 0) is 61.2 Å². The summed E-state index contributed by atoms with van der Waals surface area (Å²) >= 11 is 1.43. The number of nitrogens with zero attached hydrogens (tertiary/aromatic N) is 3. The van der Waals surface area contributed by atoms with Crippen LogP contribution in [-0.2, 0) is 20.9 Å². The summed E-state index contributed by atoms with van der Waals surface area (Å²) in [5, 5.41) is 5.55. The fourth-order valence-electron chi connectivity index (χ4n) is 4.45. The molecule has 3 aromatic rings. The van der Waals surface area contributed by atoms with Gasteiger partial charge in [0.2, 0.25) is 5.91 Å². The third-order valence-corrected chi connectivity index (χ3v) is 7.07. The zero-order valence-electron chi connectivity index (χ0n) is 21.7. The van der Waals surface area contributed by atoms with Crippen molar-refractivity contribution in [1.82, 2.24) is 15.2 Å². The molecule has 8 nitrogen and oxygen atoms in total. The number of amides is 1. The van der Waals surface area contributed by atoms with Crippen LogP contribution in [0.25, 0.3) is 0 Å². The molecule has 0 spiro atoms. The van der Waals surface area contributed by atoms with Crippen LogP contribution >= 0.6 is 11.8 Å². The molecule has 1 unspecified atom stereocenters. The molecule has 0 saturated heterocycles. The van der Waals surface area contributed by atoms with Gasteiger partial charge in [-0.2, -0.15) is 0 Å². The Morgan fingerprint density at radius 2 is 1.82 bits per heavy atom. The smallest absolute Gasteiger partial charge is 0.338 e. The number of esters is 1. The van der Waals surface area contributed by atoms with E-state index in [2.05, 4.69) is 10.3 Å². The monoisotopic (exact) mass is 540 g/mol. The Bertz CT molecular complexity index is 1450. The quantitative estimate of drug-likeness (QED) is 0.347. The van der Waals surface area contributed by atoms with E-state index in [1.807, 2.05) is 90.0 Å². The van der Waals surface area contributed by atoms with Crippen LogP contribution in [0.2, 0.25) is 0 Å². The lowest BCUT2D eigenvalue weighted by atomic mass is 9.93. The van der Waals surface area contributed by atoms with E-state index in [1.165, 1.54) is 11.8 Å². The number of ether oxygens (including phenoxy) is 2. The molecule has 2 aliphatic heterocycles. The molecule has 2 aromatic carbocycles. The van der Waals surface area contributed by atoms with Crippen LogP contribution in [0.15, 0.2) is 106 Å². The van der Waals surface area contributed by atoms with Gasteiger partial charge in [-0.3, -0.25) is 9.78 Å². The van der Waals surface area contributed by atoms with Crippen LogP contribution in [0.4, 0.5) is 0 Å². The van der Waals surface area contributed by atoms with Crippen LogP contribution in [0.5, 0.6) is 11.5 Å². The zero-order chi connectivity index (χ0) is 27.2. The molecule has 1 aromatic heterocycles. The number of hydrogen-bond acceptors (Lipinski definition) is 8. The van der Waals surface area contributed by atoms with Crippen molar-refractivity contribution in [3.05, 3.63) is 113 Å². The largest absolute Gasteiger partial charge is 0.463 e. The SMILES string of the molecule is CCOC(=O)C1=C(C)N=C2SC=C(CC(=O)NCc3ccccn3)N2C1c1cccc(Oc2ccccc2)c1. The molecule has 0 bridgehead atoms. The molecular weight excluding hydrogens is 512 g/mol. The van der Waals surface area contributed by atoms with Crippen molar-refractivity contribution in [2.75, 3.05) is 6.61 Å². The number of para-hydroxylation sites is 1. The van der Waals surface area contributed by atoms with E-state index in [4.69, 9.17) is 14.5 Å². The standard InChI is InChI=1S/C30H28N4O4S/c1-3-37-29(36)27-20(2)33-30-34(23(19-39-30)17-26(35)32-18-22-11-7-8-15-31-22)28(27)21-10-9-14-25(16-21)38-24-12-5-4-6-13-24/h4-16,19,28H,3,17-18H2,1-2H3,(H,32,35). The average Bonchev–Trinajstić information content (AvgIpc) is 3.34. The van der Waals surface area contributed by atoms with E-state index in [1.54, 1.807) is 13.1 Å². The molecule has 0 fully saturated rings. The lowest BCUT2D eigenvalue weighted by molar-refractivity contribution is -0.139. The van der Waals surface area contributed by atoms with Crippen molar-refractivity contribution in [2.45, 2.75) is 32.9 Å². The van der Waals surface area contributed by atoms with Crippen molar-refractivity contribution >= 4 is 28.8 Å². The Labute approximate surface area is 231 Å². The Hall–Kier alpha value is -4.37. The van der Waals surface area contributed by atoms with Gasteiger partial charge in [-0.1, -0.05) is 48.2 Å². The van der Waals surface area contributed by atoms with E-state index in [0.717, 1.165) is 17.0 Å². The number of allylic oxidation sites excluding steroid dienone is 1. The fourth-order valence-corrected chi connectivity index (χ4v) is 5.41. The Balaban J connectivity index is 1.44. The summed E-state index contributed by atoms with van der Waals surface area (Å²) < 4.78 is 11.5. The van der Waals surface area contributed by atoms with Crippen molar-refractivity contribution in [3.63, 3.8) is 0 Å². The van der Waals surface area contributed by atoms with Gasteiger partial charge in [0.25, 0.3) is 0 Å². The van der Waals surface area contributed by atoms with Gasteiger partial charge < -0.3 is 19.7 Å². The third-order valence-electron chi connectivity index (χ3n) is 6.18. The minimum Gasteiger partial charge on any atom is -0.463 e. The van der Waals surface area contributed by atoms with Gasteiger partial charge in [-0.15, -0.1) is 0 Å². The number of benzene rings is 2. The fraction of sp³-hybridized carbons (Fsp3) is 0.200. The van der Waals surface area contributed by atoms with Crippen molar-refractivity contribution < 1.29 is 19.1 Å². The second kappa shape index (κ2) is 12.0.